The van der Waals surface area contributed by atoms with Crippen molar-refractivity contribution in [3.63, 3.8) is 0 Å². The van der Waals surface area contributed by atoms with Gasteiger partial charge in [-0.05, 0) is 60.3 Å². The Morgan fingerprint density at radius 1 is 0.833 bits per heavy atom. The third-order valence-electron chi connectivity index (χ3n) is 4.98. The maximum absolute atomic E-state index is 12.7. The van der Waals surface area contributed by atoms with Gasteiger partial charge in [0, 0.05) is 11.1 Å². The molecular formula is C25H24O4S. The van der Waals surface area contributed by atoms with Crippen LogP contribution in [0.15, 0.2) is 89.8 Å². The van der Waals surface area contributed by atoms with Crippen LogP contribution in [0.1, 0.15) is 34.3 Å². The van der Waals surface area contributed by atoms with Crippen molar-refractivity contribution in [2.24, 2.45) is 5.92 Å². The third-order valence-corrected chi connectivity index (χ3v) is 6.48. The fourth-order valence-electron chi connectivity index (χ4n) is 3.27. The predicted molar refractivity (Wildman–Crippen MR) is 118 cm³/mol. The molecule has 1 N–H and O–H groups in total. The number of hydrogen-bond acceptors (Lipinski definition) is 3. The minimum Gasteiger partial charge on any atom is -0.611 e. The summed E-state index contributed by atoms with van der Waals surface area (Å²) in [5.41, 5.74) is 2.27. The number of carboxylic acid groups (broad SMARTS) is 1. The second kappa shape index (κ2) is 10.8. The molecule has 2 atom stereocenters. The zero-order valence-electron chi connectivity index (χ0n) is 16.6. The Kier molecular flexibility index (Phi) is 7.82. The third kappa shape index (κ3) is 6.05. The summed E-state index contributed by atoms with van der Waals surface area (Å²) in [5.74, 6) is -1.62. The number of carboxylic acids is 1. The van der Waals surface area contributed by atoms with Gasteiger partial charge in [0.25, 0.3) is 0 Å². The van der Waals surface area contributed by atoms with E-state index in [0.29, 0.717) is 22.4 Å². The zero-order chi connectivity index (χ0) is 21.3. The number of ketones is 1. The van der Waals surface area contributed by atoms with Crippen molar-refractivity contribution in [3.05, 3.63) is 102 Å². The number of aryl methyl sites for hydroxylation is 1. The molecule has 3 aromatic rings. The summed E-state index contributed by atoms with van der Waals surface area (Å²) in [5, 5.41) is 9.53. The van der Waals surface area contributed by atoms with Gasteiger partial charge in [-0.2, -0.15) is 0 Å². The first-order valence-electron chi connectivity index (χ1n) is 9.89. The lowest BCUT2D eigenvalue weighted by Crippen LogP contribution is -2.24. The number of hydrogen-bond donors (Lipinski definition) is 1. The van der Waals surface area contributed by atoms with Crippen LogP contribution >= 0.6 is 0 Å². The van der Waals surface area contributed by atoms with E-state index < -0.39 is 23.1 Å². The van der Waals surface area contributed by atoms with E-state index in [-0.39, 0.29) is 11.5 Å². The quantitative estimate of drug-likeness (QED) is 0.379. The molecule has 0 spiro atoms. The van der Waals surface area contributed by atoms with E-state index in [1.807, 2.05) is 36.4 Å². The van der Waals surface area contributed by atoms with Crippen LogP contribution < -0.4 is 0 Å². The largest absolute Gasteiger partial charge is 0.611 e. The first kappa shape index (κ1) is 21.8. The summed E-state index contributed by atoms with van der Waals surface area (Å²) in [4.78, 5) is 24.6. The molecule has 0 heterocycles. The molecule has 0 aliphatic heterocycles. The van der Waals surface area contributed by atoms with Gasteiger partial charge >= 0.3 is 5.97 Å². The van der Waals surface area contributed by atoms with Crippen LogP contribution in [-0.2, 0) is 22.4 Å². The second-order valence-electron chi connectivity index (χ2n) is 7.14. The Morgan fingerprint density at radius 2 is 1.40 bits per heavy atom. The predicted octanol–water partition coefficient (Wildman–Crippen LogP) is 4.75. The molecule has 0 radical (unpaired) electrons. The molecule has 0 amide bonds. The maximum Gasteiger partial charge on any atom is 0.311 e. The molecule has 0 aliphatic carbocycles. The maximum atomic E-state index is 12.7. The van der Waals surface area contributed by atoms with Crippen molar-refractivity contribution in [2.45, 2.75) is 24.2 Å². The fraction of sp³-hybridized carbons (Fsp3) is 0.200. The van der Waals surface area contributed by atoms with E-state index in [1.54, 1.807) is 48.5 Å². The van der Waals surface area contributed by atoms with Crippen LogP contribution in [0.4, 0.5) is 0 Å². The fourth-order valence-corrected chi connectivity index (χ4v) is 4.58. The highest BCUT2D eigenvalue weighted by molar-refractivity contribution is 7.91. The van der Waals surface area contributed by atoms with Crippen LogP contribution in [-0.4, -0.2) is 27.2 Å². The van der Waals surface area contributed by atoms with Crippen molar-refractivity contribution in [1.82, 2.24) is 0 Å². The van der Waals surface area contributed by atoms with E-state index in [4.69, 9.17) is 0 Å². The Labute approximate surface area is 179 Å². The summed E-state index contributed by atoms with van der Waals surface area (Å²) in [6.45, 7) is 0. The molecule has 0 fully saturated rings. The SMILES string of the molecule is O=C(c1ccccc1)c1ccc([S+]([O-])CC(CCCc2ccccc2)C(=O)O)cc1. The van der Waals surface area contributed by atoms with Gasteiger partial charge in [0.05, 0.1) is 0 Å². The summed E-state index contributed by atoms with van der Waals surface area (Å²) in [6, 6.07) is 25.5. The monoisotopic (exact) mass is 420 g/mol. The summed E-state index contributed by atoms with van der Waals surface area (Å²) >= 11 is -1.44. The number of aliphatic carboxylic acids is 1. The van der Waals surface area contributed by atoms with Crippen LogP contribution in [0, 0.1) is 5.92 Å². The first-order chi connectivity index (χ1) is 14.5. The number of carbonyl (C=O) groups excluding carboxylic acids is 1. The lowest BCUT2D eigenvalue weighted by Gasteiger charge is -2.16. The highest BCUT2D eigenvalue weighted by Gasteiger charge is 2.25. The van der Waals surface area contributed by atoms with E-state index in [1.165, 1.54) is 5.56 Å². The smallest absolute Gasteiger partial charge is 0.311 e. The molecular weight excluding hydrogens is 396 g/mol. The van der Waals surface area contributed by atoms with Crippen molar-refractivity contribution in [1.29, 1.82) is 0 Å². The van der Waals surface area contributed by atoms with Crippen LogP contribution in [0.2, 0.25) is 0 Å². The highest BCUT2D eigenvalue weighted by Crippen LogP contribution is 2.20. The van der Waals surface area contributed by atoms with Gasteiger partial charge in [0.2, 0.25) is 0 Å². The Hall–Kier alpha value is -2.89. The number of carbonyl (C=O) groups is 2. The Bertz CT molecular complexity index is 955. The average Bonchev–Trinajstić information content (AvgIpc) is 2.79. The molecule has 0 bridgehead atoms. The molecule has 154 valence electrons. The summed E-state index contributed by atoms with van der Waals surface area (Å²) in [6.07, 6.45) is 2.00. The van der Waals surface area contributed by atoms with Gasteiger partial charge < -0.3 is 9.66 Å². The van der Waals surface area contributed by atoms with Crippen molar-refractivity contribution in [2.75, 3.05) is 5.75 Å². The molecule has 0 aliphatic rings. The second-order valence-corrected chi connectivity index (χ2v) is 8.64. The zero-order valence-corrected chi connectivity index (χ0v) is 17.4. The van der Waals surface area contributed by atoms with Crippen LogP contribution in [0.5, 0.6) is 0 Å². The Balaban J connectivity index is 1.58. The topological polar surface area (TPSA) is 77.4 Å². The molecule has 0 saturated heterocycles. The summed E-state index contributed by atoms with van der Waals surface area (Å²) in [7, 11) is 0. The van der Waals surface area contributed by atoms with E-state index in [2.05, 4.69) is 0 Å². The number of rotatable bonds is 10. The van der Waals surface area contributed by atoms with Gasteiger partial charge in [-0.3, -0.25) is 9.59 Å². The first-order valence-corrected chi connectivity index (χ1v) is 11.2. The molecule has 30 heavy (non-hydrogen) atoms. The molecule has 3 aromatic carbocycles. The van der Waals surface area contributed by atoms with Gasteiger partial charge in [-0.1, -0.05) is 60.7 Å². The molecule has 3 rings (SSSR count). The standard InChI is InChI=1S/C25H24O4S/c26-24(20-11-5-2-6-12-20)21-14-16-23(17-15-21)30(29)18-22(25(27)28)13-7-10-19-8-3-1-4-9-19/h1-6,8-9,11-12,14-17,22H,7,10,13,18H2,(H,27,28). The summed E-state index contributed by atoms with van der Waals surface area (Å²) < 4.78 is 12.7. The molecule has 5 heteroatoms. The van der Waals surface area contributed by atoms with Gasteiger partial charge in [0.15, 0.2) is 10.7 Å². The van der Waals surface area contributed by atoms with E-state index in [0.717, 1.165) is 12.8 Å². The number of benzene rings is 3. The van der Waals surface area contributed by atoms with E-state index in [9.17, 15) is 19.2 Å². The highest BCUT2D eigenvalue weighted by atomic mass is 32.2. The average molecular weight is 421 g/mol. The normalized spacial score (nSPS) is 12.8. The Morgan fingerprint density at radius 3 is 2.00 bits per heavy atom. The minimum atomic E-state index is -1.44. The molecule has 2 unspecified atom stereocenters. The van der Waals surface area contributed by atoms with Crippen LogP contribution in [0.25, 0.3) is 0 Å². The molecule has 0 aromatic heterocycles. The van der Waals surface area contributed by atoms with Gasteiger partial charge in [-0.25, -0.2) is 0 Å². The van der Waals surface area contributed by atoms with Crippen molar-refractivity contribution in [3.8, 4) is 0 Å². The van der Waals surface area contributed by atoms with Gasteiger partial charge in [0.1, 0.15) is 11.7 Å². The minimum absolute atomic E-state index is 0.0656. The van der Waals surface area contributed by atoms with Crippen molar-refractivity contribution >= 4 is 22.9 Å². The van der Waals surface area contributed by atoms with Crippen molar-refractivity contribution < 1.29 is 19.2 Å². The lowest BCUT2D eigenvalue weighted by atomic mass is 10.0. The lowest BCUT2D eigenvalue weighted by molar-refractivity contribution is -0.141. The van der Waals surface area contributed by atoms with Gasteiger partial charge in [-0.15, -0.1) is 0 Å². The van der Waals surface area contributed by atoms with Crippen LogP contribution in [0.3, 0.4) is 0 Å². The molecule has 4 nitrogen and oxygen atoms in total. The van der Waals surface area contributed by atoms with E-state index >= 15 is 0 Å². The molecule has 0 saturated carbocycles.